The number of aliphatic hydroxyl groups excluding tert-OH is 1. The quantitative estimate of drug-likeness (QED) is 0.939. The van der Waals surface area contributed by atoms with Crippen LogP contribution in [0.4, 0.5) is 0 Å². The monoisotopic (exact) mass is 316 g/mol. The first-order valence-corrected chi connectivity index (χ1v) is 6.26. The zero-order valence-corrected chi connectivity index (χ0v) is 11.4. The second-order valence-electron chi connectivity index (χ2n) is 3.51. The normalized spacial score (nSPS) is 12.7. The highest BCUT2D eigenvalue weighted by Crippen LogP contribution is 2.30. The lowest BCUT2D eigenvalue weighted by Crippen LogP contribution is -1.97. The number of rotatable bonds is 3. The van der Waals surface area contributed by atoms with Crippen molar-refractivity contribution in [2.75, 3.05) is 0 Å². The molecular weight excluding hydrogens is 307 g/mol. The second-order valence-corrected chi connectivity index (χ2v) is 4.83. The Balaban J connectivity index is 2.40. The molecule has 2 rings (SSSR count). The molecule has 0 aliphatic carbocycles. The van der Waals surface area contributed by atoms with Crippen LogP contribution in [0.25, 0.3) is 11.5 Å². The molecule has 0 saturated heterocycles. The SMILES string of the molecule is CCC(O)c1noc(-c2cc(Br)ccc2Cl)n1. The smallest absolute Gasteiger partial charge is 0.259 e. The lowest BCUT2D eigenvalue weighted by molar-refractivity contribution is 0.159. The summed E-state index contributed by atoms with van der Waals surface area (Å²) in [5.41, 5.74) is 0.642. The minimum Gasteiger partial charge on any atom is -0.385 e. The number of aromatic nitrogens is 2. The number of nitrogens with zero attached hydrogens (tertiary/aromatic N) is 2. The van der Waals surface area contributed by atoms with Gasteiger partial charge in [0.25, 0.3) is 5.89 Å². The average Bonchev–Trinajstić information content (AvgIpc) is 2.80. The van der Waals surface area contributed by atoms with Gasteiger partial charge in [-0.3, -0.25) is 0 Å². The van der Waals surface area contributed by atoms with Gasteiger partial charge in [-0.1, -0.05) is 39.6 Å². The van der Waals surface area contributed by atoms with Crippen LogP contribution < -0.4 is 0 Å². The Morgan fingerprint density at radius 2 is 2.29 bits per heavy atom. The summed E-state index contributed by atoms with van der Waals surface area (Å²) >= 11 is 9.39. The van der Waals surface area contributed by atoms with E-state index in [1.807, 2.05) is 13.0 Å². The summed E-state index contributed by atoms with van der Waals surface area (Å²) in [6.07, 6.45) is -0.177. The fraction of sp³-hybridized carbons (Fsp3) is 0.273. The van der Waals surface area contributed by atoms with Crippen molar-refractivity contribution in [1.82, 2.24) is 10.1 Å². The summed E-state index contributed by atoms with van der Waals surface area (Å²) in [6, 6.07) is 5.35. The van der Waals surface area contributed by atoms with Crippen LogP contribution in [0.5, 0.6) is 0 Å². The van der Waals surface area contributed by atoms with Gasteiger partial charge in [-0.05, 0) is 24.6 Å². The highest BCUT2D eigenvalue weighted by atomic mass is 79.9. The molecule has 1 atom stereocenters. The van der Waals surface area contributed by atoms with Gasteiger partial charge >= 0.3 is 0 Å². The van der Waals surface area contributed by atoms with Crippen molar-refractivity contribution in [3.63, 3.8) is 0 Å². The zero-order chi connectivity index (χ0) is 12.4. The molecule has 0 bridgehead atoms. The molecule has 2 aromatic rings. The summed E-state index contributed by atoms with van der Waals surface area (Å²) in [4.78, 5) is 4.12. The summed E-state index contributed by atoms with van der Waals surface area (Å²) < 4.78 is 5.95. The summed E-state index contributed by atoms with van der Waals surface area (Å²) in [7, 11) is 0. The molecule has 1 aromatic carbocycles. The molecule has 0 radical (unpaired) electrons. The Morgan fingerprint density at radius 1 is 1.53 bits per heavy atom. The van der Waals surface area contributed by atoms with Crippen LogP contribution >= 0.6 is 27.5 Å². The number of benzene rings is 1. The van der Waals surface area contributed by atoms with E-state index in [2.05, 4.69) is 26.1 Å². The molecule has 0 aliphatic heterocycles. The van der Waals surface area contributed by atoms with Crippen molar-refractivity contribution in [3.05, 3.63) is 33.5 Å². The van der Waals surface area contributed by atoms with Gasteiger partial charge in [0.1, 0.15) is 6.10 Å². The van der Waals surface area contributed by atoms with Gasteiger partial charge in [-0.2, -0.15) is 4.98 Å². The molecule has 17 heavy (non-hydrogen) atoms. The molecule has 4 nitrogen and oxygen atoms in total. The van der Waals surface area contributed by atoms with Gasteiger partial charge in [-0.25, -0.2) is 0 Å². The van der Waals surface area contributed by atoms with E-state index in [1.54, 1.807) is 12.1 Å². The predicted octanol–water partition coefficient (Wildman–Crippen LogP) is 3.60. The van der Waals surface area contributed by atoms with Crippen molar-refractivity contribution in [3.8, 4) is 11.5 Å². The molecule has 1 N–H and O–H groups in total. The van der Waals surface area contributed by atoms with Crippen molar-refractivity contribution in [2.24, 2.45) is 0 Å². The minimum absolute atomic E-state index is 0.276. The molecule has 1 unspecified atom stereocenters. The van der Waals surface area contributed by atoms with E-state index in [0.717, 1.165) is 4.47 Å². The van der Waals surface area contributed by atoms with Gasteiger partial charge in [0.15, 0.2) is 0 Å². The number of halogens is 2. The lowest BCUT2D eigenvalue weighted by atomic mass is 10.2. The molecular formula is C11H10BrClN2O2. The molecule has 0 fully saturated rings. The van der Waals surface area contributed by atoms with Gasteiger partial charge in [-0.15, -0.1) is 0 Å². The third kappa shape index (κ3) is 2.68. The van der Waals surface area contributed by atoms with Crippen LogP contribution in [0.3, 0.4) is 0 Å². The van der Waals surface area contributed by atoms with E-state index >= 15 is 0 Å². The van der Waals surface area contributed by atoms with Gasteiger partial charge < -0.3 is 9.63 Å². The molecule has 1 aromatic heterocycles. The first-order valence-electron chi connectivity index (χ1n) is 5.09. The third-order valence-electron chi connectivity index (χ3n) is 2.29. The van der Waals surface area contributed by atoms with Crippen LogP contribution in [-0.2, 0) is 0 Å². The molecule has 6 heteroatoms. The van der Waals surface area contributed by atoms with E-state index in [4.69, 9.17) is 16.1 Å². The van der Waals surface area contributed by atoms with E-state index in [-0.39, 0.29) is 5.82 Å². The van der Waals surface area contributed by atoms with Crippen LogP contribution in [-0.4, -0.2) is 15.2 Å². The Morgan fingerprint density at radius 3 is 3.00 bits per heavy atom. The second kappa shape index (κ2) is 5.16. The molecule has 0 aliphatic rings. The third-order valence-corrected chi connectivity index (χ3v) is 3.11. The molecule has 0 spiro atoms. The van der Waals surface area contributed by atoms with Crippen LogP contribution in [0.1, 0.15) is 25.3 Å². The van der Waals surface area contributed by atoms with E-state index < -0.39 is 6.10 Å². The maximum atomic E-state index is 9.59. The first kappa shape index (κ1) is 12.5. The zero-order valence-electron chi connectivity index (χ0n) is 9.02. The Bertz CT molecular complexity index is 530. The molecule has 0 amide bonds. The predicted molar refractivity (Wildman–Crippen MR) is 67.7 cm³/mol. The fourth-order valence-corrected chi connectivity index (χ4v) is 1.88. The Hall–Kier alpha value is -0.910. The van der Waals surface area contributed by atoms with Crippen LogP contribution in [0.15, 0.2) is 27.2 Å². The van der Waals surface area contributed by atoms with Gasteiger partial charge in [0, 0.05) is 4.47 Å². The molecule has 0 saturated carbocycles. The molecule has 90 valence electrons. The maximum absolute atomic E-state index is 9.59. The number of aliphatic hydroxyl groups is 1. The average molecular weight is 318 g/mol. The van der Waals surface area contributed by atoms with E-state index in [9.17, 15) is 5.11 Å². The Labute approximate surface area is 112 Å². The minimum atomic E-state index is -0.710. The number of hydrogen-bond acceptors (Lipinski definition) is 4. The van der Waals surface area contributed by atoms with Gasteiger partial charge in [0.2, 0.25) is 5.82 Å². The van der Waals surface area contributed by atoms with Crippen LogP contribution in [0, 0.1) is 0 Å². The summed E-state index contributed by atoms with van der Waals surface area (Å²) in [5, 5.41) is 13.8. The summed E-state index contributed by atoms with van der Waals surface area (Å²) in [5.74, 6) is 0.581. The summed E-state index contributed by atoms with van der Waals surface area (Å²) in [6.45, 7) is 1.84. The van der Waals surface area contributed by atoms with Crippen molar-refractivity contribution in [2.45, 2.75) is 19.4 Å². The molecule has 1 heterocycles. The standard InChI is InChI=1S/C11H10BrClN2O2/c1-2-9(16)10-14-11(17-15-10)7-5-6(12)3-4-8(7)13/h3-5,9,16H,2H2,1H3. The van der Waals surface area contributed by atoms with Crippen molar-refractivity contribution >= 4 is 27.5 Å². The maximum Gasteiger partial charge on any atom is 0.259 e. The highest BCUT2D eigenvalue weighted by molar-refractivity contribution is 9.10. The Kier molecular flexibility index (Phi) is 3.81. The van der Waals surface area contributed by atoms with Crippen molar-refractivity contribution < 1.29 is 9.63 Å². The topological polar surface area (TPSA) is 59.2 Å². The first-order chi connectivity index (χ1) is 8.11. The number of hydrogen-bond donors (Lipinski definition) is 1. The van der Waals surface area contributed by atoms with Crippen LogP contribution in [0.2, 0.25) is 5.02 Å². The van der Waals surface area contributed by atoms with E-state index in [0.29, 0.717) is 22.9 Å². The largest absolute Gasteiger partial charge is 0.385 e. The van der Waals surface area contributed by atoms with Crippen molar-refractivity contribution in [1.29, 1.82) is 0 Å². The fourth-order valence-electron chi connectivity index (χ4n) is 1.32. The highest BCUT2D eigenvalue weighted by Gasteiger charge is 2.16. The van der Waals surface area contributed by atoms with E-state index in [1.165, 1.54) is 0 Å². The van der Waals surface area contributed by atoms with Gasteiger partial charge in [0.05, 0.1) is 10.6 Å². The lowest BCUT2D eigenvalue weighted by Gasteiger charge is -2.00.